The third-order valence-corrected chi connectivity index (χ3v) is 3.55. The number of hydrogen-bond donors (Lipinski definition) is 3. The fourth-order valence-electron chi connectivity index (χ4n) is 2.40. The Labute approximate surface area is 106 Å². The molecule has 1 aliphatic rings. The van der Waals surface area contributed by atoms with Gasteiger partial charge in [-0.25, -0.2) is 0 Å². The van der Waals surface area contributed by atoms with Crippen LogP contribution in [0.5, 0.6) is 0 Å². The van der Waals surface area contributed by atoms with E-state index in [9.17, 15) is 9.90 Å². The molecule has 1 heterocycles. The standard InChI is InChI=1S/C12H20N4O2/c1-16-11(10(13)7-15-16)12(18)14-6-8-2-4-9(17)5-3-8/h7-9,17H,2-6,13H2,1H3,(H,14,18). The molecular weight excluding hydrogens is 232 g/mol. The molecule has 2 rings (SSSR count). The summed E-state index contributed by atoms with van der Waals surface area (Å²) in [6, 6.07) is 0. The van der Waals surface area contributed by atoms with Crippen LogP contribution in [-0.2, 0) is 7.05 Å². The molecule has 0 atom stereocenters. The zero-order chi connectivity index (χ0) is 13.1. The maximum Gasteiger partial charge on any atom is 0.271 e. The molecule has 1 fully saturated rings. The van der Waals surface area contributed by atoms with Gasteiger partial charge in [0.25, 0.3) is 5.91 Å². The summed E-state index contributed by atoms with van der Waals surface area (Å²) in [5.74, 6) is 0.269. The zero-order valence-corrected chi connectivity index (χ0v) is 10.6. The smallest absolute Gasteiger partial charge is 0.271 e. The summed E-state index contributed by atoms with van der Waals surface area (Å²) in [7, 11) is 1.70. The molecule has 0 bridgehead atoms. The molecule has 0 radical (unpaired) electrons. The number of amides is 1. The third-order valence-electron chi connectivity index (χ3n) is 3.55. The normalized spacial score (nSPS) is 23.9. The van der Waals surface area contributed by atoms with Crippen LogP contribution in [0.15, 0.2) is 6.20 Å². The largest absolute Gasteiger partial charge is 0.396 e. The highest BCUT2D eigenvalue weighted by Crippen LogP contribution is 2.23. The number of aliphatic hydroxyl groups is 1. The van der Waals surface area contributed by atoms with Crippen LogP contribution in [0.25, 0.3) is 0 Å². The van der Waals surface area contributed by atoms with E-state index in [1.165, 1.54) is 10.9 Å². The summed E-state index contributed by atoms with van der Waals surface area (Å²) in [4.78, 5) is 12.0. The number of nitrogen functional groups attached to an aromatic ring is 1. The number of rotatable bonds is 3. The van der Waals surface area contributed by atoms with E-state index in [0.717, 1.165) is 25.7 Å². The fourth-order valence-corrected chi connectivity index (χ4v) is 2.40. The minimum absolute atomic E-state index is 0.162. The monoisotopic (exact) mass is 252 g/mol. The Morgan fingerprint density at radius 3 is 2.78 bits per heavy atom. The highest BCUT2D eigenvalue weighted by molar-refractivity contribution is 5.97. The average Bonchev–Trinajstić information content (AvgIpc) is 2.68. The Balaban J connectivity index is 1.85. The van der Waals surface area contributed by atoms with Gasteiger partial charge in [-0.1, -0.05) is 0 Å². The summed E-state index contributed by atoms with van der Waals surface area (Å²) in [6.45, 7) is 0.635. The average molecular weight is 252 g/mol. The first kappa shape index (κ1) is 12.9. The Bertz CT molecular complexity index is 402. The fraction of sp³-hybridized carbons (Fsp3) is 0.667. The van der Waals surface area contributed by atoms with Crippen molar-refractivity contribution >= 4 is 11.6 Å². The van der Waals surface area contributed by atoms with E-state index in [4.69, 9.17) is 5.73 Å². The molecule has 1 aliphatic carbocycles. The van der Waals surface area contributed by atoms with E-state index < -0.39 is 0 Å². The Morgan fingerprint density at radius 2 is 2.22 bits per heavy atom. The molecule has 6 nitrogen and oxygen atoms in total. The highest BCUT2D eigenvalue weighted by atomic mass is 16.3. The number of nitrogens with two attached hydrogens (primary N) is 1. The van der Waals surface area contributed by atoms with Crippen molar-refractivity contribution < 1.29 is 9.90 Å². The number of hydrogen-bond acceptors (Lipinski definition) is 4. The van der Waals surface area contributed by atoms with E-state index in [2.05, 4.69) is 10.4 Å². The summed E-state index contributed by atoms with van der Waals surface area (Å²) in [6.07, 6.45) is 4.89. The summed E-state index contributed by atoms with van der Waals surface area (Å²) < 4.78 is 1.48. The first-order chi connectivity index (χ1) is 8.58. The molecule has 0 spiro atoms. The van der Waals surface area contributed by atoms with Gasteiger partial charge in [0.2, 0.25) is 0 Å². The Hall–Kier alpha value is -1.56. The van der Waals surface area contributed by atoms with E-state index in [-0.39, 0.29) is 12.0 Å². The lowest BCUT2D eigenvalue weighted by Crippen LogP contribution is -2.33. The lowest BCUT2D eigenvalue weighted by Gasteiger charge is -2.25. The number of carbonyl (C=O) groups excluding carboxylic acids is 1. The van der Waals surface area contributed by atoms with Gasteiger partial charge in [0.1, 0.15) is 5.69 Å². The van der Waals surface area contributed by atoms with Crippen LogP contribution >= 0.6 is 0 Å². The molecule has 1 aromatic heterocycles. The van der Waals surface area contributed by atoms with Gasteiger partial charge >= 0.3 is 0 Å². The van der Waals surface area contributed by atoms with Crippen molar-refractivity contribution in [3.05, 3.63) is 11.9 Å². The van der Waals surface area contributed by atoms with Crippen LogP contribution in [0, 0.1) is 5.92 Å². The van der Waals surface area contributed by atoms with Crippen LogP contribution in [0.1, 0.15) is 36.2 Å². The Morgan fingerprint density at radius 1 is 1.56 bits per heavy atom. The van der Waals surface area contributed by atoms with E-state index in [1.807, 2.05) is 0 Å². The van der Waals surface area contributed by atoms with Gasteiger partial charge in [0, 0.05) is 13.6 Å². The molecule has 1 aromatic rings. The van der Waals surface area contributed by atoms with Crippen molar-refractivity contribution in [3.8, 4) is 0 Å². The quantitative estimate of drug-likeness (QED) is 0.720. The third kappa shape index (κ3) is 2.81. The van der Waals surface area contributed by atoms with Crippen molar-refractivity contribution in [2.24, 2.45) is 13.0 Å². The zero-order valence-electron chi connectivity index (χ0n) is 10.6. The van der Waals surface area contributed by atoms with Crippen molar-refractivity contribution in [1.29, 1.82) is 0 Å². The summed E-state index contributed by atoms with van der Waals surface area (Å²) >= 11 is 0. The van der Waals surface area contributed by atoms with Gasteiger partial charge in [-0.05, 0) is 31.6 Å². The van der Waals surface area contributed by atoms with E-state index in [1.54, 1.807) is 7.05 Å². The maximum absolute atomic E-state index is 12.0. The SMILES string of the molecule is Cn1ncc(N)c1C(=O)NCC1CCC(O)CC1. The van der Waals surface area contributed by atoms with Gasteiger partial charge in [-0.2, -0.15) is 5.10 Å². The molecule has 0 unspecified atom stereocenters. The number of aromatic nitrogens is 2. The second-order valence-corrected chi connectivity index (χ2v) is 4.96. The molecule has 18 heavy (non-hydrogen) atoms. The number of carbonyl (C=O) groups is 1. The van der Waals surface area contributed by atoms with Gasteiger partial charge in [0.15, 0.2) is 0 Å². The number of anilines is 1. The second-order valence-electron chi connectivity index (χ2n) is 4.96. The molecule has 0 aromatic carbocycles. The molecule has 1 saturated carbocycles. The Kier molecular flexibility index (Phi) is 3.86. The first-order valence-electron chi connectivity index (χ1n) is 6.31. The topological polar surface area (TPSA) is 93.2 Å². The van der Waals surface area contributed by atoms with E-state index >= 15 is 0 Å². The second kappa shape index (κ2) is 5.39. The number of aliphatic hydroxyl groups excluding tert-OH is 1. The molecule has 1 amide bonds. The highest BCUT2D eigenvalue weighted by Gasteiger charge is 2.21. The number of aryl methyl sites for hydroxylation is 1. The number of nitrogens with zero attached hydrogens (tertiary/aromatic N) is 2. The van der Waals surface area contributed by atoms with Gasteiger partial charge in [0.05, 0.1) is 18.0 Å². The van der Waals surface area contributed by atoms with Crippen molar-refractivity contribution in [3.63, 3.8) is 0 Å². The summed E-state index contributed by atoms with van der Waals surface area (Å²) in [5.41, 5.74) is 6.50. The number of nitrogens with one attached hydrogen (secondary N) is 1. The first-order valence-corrected chi connectivity index (χ1v) is 6.31. The van der Waals surface area contributed by atoms with E-state index in [0.29, 0.717) is 23.8 Å². The molecule has 0 saturated heterocycles. The molecule has 0 aliphatic heterocycles. The minimum Gasteiger partial charge on any atom is -0.396 e. The molecule has 100 valence electrons. The van der Waals surface area contributed by atoms with Crippen LogP contribution in [0.3, 0.4) is 0 Å². The van der Waals surface area contributed by atoms with Crippen LogP contribution in [0.2, 0.25) is 0 Å². The van der Waals surface area contributed by atoms with Gasteiger partial charge in [-0.15, -0.1) is 0 Å². The van der Waals surface area contributed by atoms with Crippen LogP contribution < -0.4 is 11.1 Å². The van der Waals surface area contributed by atoms with Gasteiger partial charge < -0.3 is 16.2 Å². The predicted molar refractivity (Wildman–Crippen MR) is 67.9 cm³/mol. The minimum atomic E-state index is -0.182. The van der Waals surface area contributed by atoms with Crippen LogP contribution in [0.4, 0.5) is 5.69 Å². The van der Waals surface area contributed by atoms with Crippen LogP contribution in [-0.4, -0.2) is 33.4 Å². The maximum atomic E-state index is 12.0. The molecule has 4 N–H and O–H groups in total. The molecular formula is C12H20N4O2. The lowest BCUT2D eigenvalue weighted by atomic mass is 9.87. The molecule has 6 heteroatoms. The van der Waals surface area contributed by atoms with Crippen molar-refractivity contribution in [1.82, 2.24) is 15.1 Å². The summed E-state index contributed by atoms with van der Waals surface area (Å²) in [5, 5.41) is 16.2. The lowest BCUT2D eigenvalue weighted by molar-refractivity contribution is 0.0903. The van der Waals surface area contributed by atoms with Crippen molar-refractivity contribution in [2.75, 3.05) is 12.3 Å². The predicted octanol–water partition coefficient (Wildman–Crippen LogP) is 0.283. The van der Waals surface area contributed by atoms with Gasteiger partial charge in [-0.3, -0.25) is 9.48 Å². The van der Waals surface area contributed by atoms with Crippen molar-refractivity contribution in [2.45, 2.75) is 31.8 Å².